The fraction of sp³-hybridized carbons (Fsp3) is 0.364. The summed E-state index contributed by atoms with van der Waals surface area (Å²) in [5.41, 5.74) is 5.18. The molecule has 2 heterocycles. The van der Waals surface area contributed by atoms with Gasteiger partial charge in [0.2, 0.25) is 0 Å². The van der Waals surface area contributed by atoms with Crippen molar-refractivity contribution in [1.82, 2.24) is 15.2 Å². The van der Waals surface area contributed by atoms with Crippen LogP contribution in [0.4, 0.5) is 0 Å². The first-order chi connectivity index (χ1) is 7.72. The first kappa shape index (κ1) is 11.3. The van der Waals surface area contributed by atoms with E-state index in [2.05, 4.69) is 35.0 Å². The Hall–Kier alpha value is -1.17. The van der Waals surface area contributed by atoms with Crippen LogP contribution in [0.3, 0.4) is 0 Å². The summed E-state index contributed by atoms with van der Waals surface area (Å²) < 4.78 is 1.87. The van der Waals surface area contributed by atoms with Crippen molar-refractivity contribution in [3.63, 3.8) is 0 Å². The zero-order valence-corrected chi connectivity index (χ0v) is 10.3. The zero-order valence-electron chi connectivity index (χ0n) is 9.47. The van der Waals surface area contributed by atoms with Crippen LogP contribution in [0, 0.1) is 6.92 Å². The average molecular weight is 236 g/mol. The van der Waals surface area contributed by atoms with Gasteiger partial charge in [-0.25, -0.2) is 0 Å². The molecule has 4 nitrogen and oxygen atoms in total. The van der Waals surface area contributed by atoms with Gasteiger partial charge in [-0.05, 0) is 18.4 Å². The van der Waals surface area contributed by atoms with Gasteiger partial charge in [0.15, 0.2) is 0 Å². The normalized spacial score (nSPS) is 12.9. The van der Waals surface area contributed by atoms with E-state index in [0.717, 1.165) is 12.1 Å². The number of nitrogens with one attached hydrogen (secondary N) is 1. The van der Waals surface area contributed by atoms with Gasteiger partial charge in [-0.2, -0.15) is 5.10 Å². The molecule has 2 rings (SSSR count). The molecule has 1 unspecified atom stereocenters. The number of nitrogens with zero attached hydrogens (tertiary/aromatic N) is 2. The number of hydrogen-bond acceptors (Lipinski definition) is 4. The summed E-state index contributed by atoms with van der Waals surface area (Å²) in [4.78, 5) is 1.33. The molecule has 0 aliphatic carbocycles. The number of hydrazine groups is 1. The van der Waals surface area contributed by atoms with Crippen molar-refractivity contribution in [2.75, 3.05) is 0 Å². The van der Waals surface area contributed by atoms with Gasteiger partial charge in [0, 0.05) is 29.6 Å². The van der Waals surface area contributed by atoms with Crippen LogP contribution < -0.4 is 11.3 Å². The maximum atomic E-state index is 5.62. The molecule has 0 saturated heterocycles. The summed E-state index contributed by atoms with van der Waals surface area (Å²) >= 11 is 1.75. The highest BCUT2D eigenvalue weighted by atomic mass is 32.1. The van der Waals surface area contributed by atoms with Gasteiger partial charge in [-0.15, -0.1) is 11.3 Å². The van der Waals surface area contributed by atoms with Gasteiger partial charge < -0.3 is 0 Å². The van der Waals surface area contributed by atoms with Gasteiger partial charge in [0.25, 0.3) is 0 Å². The Kier molecular flexibility index (Phi) is 3.38. The lowest BCUT2D eigenvalue weighted by molar-refractivity contribution is 0.551. The monoisotopic (exact) mass is 236 g/mol. The Morgan fingerprint density at radius 3 is 2.94 bits per heavy atom. The number of hydrogen-bond donors (Lipinski definition) is 2. The lowest BCUT2D eigenvalue weighted by Crippen LogP contribution is -2.29. The third kappa shape index (κ3) is 2.16. The van der Waals surface area contributed by atoms with Crippen LogP contribution in [0.2, 0.25) is 0 Å². The third-order valence-electron chi connectivity index (χ3n) is 2.84. The number of aryl methyl sites for hydroxylation is 1. The molecule has 5 heteroatoms. The summed E-state index contributed by atoms with van der Waals surface area (Å²) in [6.07, 6.45) is 2.79. The number of nitrogens with two attached hydrogens (primary N) is 1. The molecule has 2 aromatic heterocycles. The predicted octanol–water partition coefficient (Wildman–Crippen LogP) is 1.54. The van der Waals surface area contributed by atoms with E-state index in [1.807, 2.05) is 17.9 Å². The third-order valence-corrected chi connectivity index (χ3v) is 3.73. The minimum Gasteiger partial charge on any atom is -0.273 e. The smallest absolute Gasteiger partial charge is 0.0541 e. The van der Waals surface area contributed by atoms with Gasteiger partial charge in [0.1, 0.15) is 0 Å². The zero-order chi connectivity index (χ0) is 11.5. The number of thiophene rings is 1. The molecule has 1 atom stereocenters. The van der Waals surface area contributed by atoms with Crippen molar-refractivity contribution in [2.24, 2.45) is 12.9 Å². The number of aromatic nitrogens is 2. The second-order valence-electron chi connectivity index (χ2n) is 3.81. The molecule has 0 fully saturated rings. The maximum Gasteiger partial charge on any atom is 0.0541 e. The Bertz CT molecular complexity index is 447. The first-order valence-electron chi connectivity index (χ1n) is 5.19. The van der Waals surface area contributed by atoms with E-state index >= 15 is 0 Å². The predicted molar refractivity (Wildman–Crippen MR) is 66.0 cm³/mol. The summed E-state index contributed by atoms with van der Waals surface area (Å²) in [6, 6.07) is 4.32. The topological polar surface area (TPSA) is 55.9 Å². The molecule has 86 valence electrons. The van der Waals surface area contributed by atoms with Crippen LogP contribution in [0.25, 0.3) is 0 Å². The van der Waals surface area contributed by atoms with Crippen molar-refractivity contribution in [1.29, 1.82) is 0 Å². The van der Waals surface area contributed by atoms with Crippen LogP contribution in [-0.2, 0) is 13.5 Å². The SMILES string of the molecule is Cc1c(C(Cc2cccs2)NN)cnn1C. The lowest BCUT2D eigenvalue weighted by atomic mass is 10.0. The van der Waals surface area contributed by atoms with Crippen molar-refractivity contribution < 1.29 is 0 Å². The highest BCUT2D eigenvalue weighted by molar-refractivity contribution is 7.09. The molecule has 2 aromatic rings. The van der Waals surface area contributed by atoms with E-state index < -0.39 is 0 Å². The fourth-order valence-corrected chi connectivity index (χ4v) is 2.50. The van der Waals surface area contributed by atoms with Crippen LogP contribution in [-0.4, -0.2) is 9.78 Å². The summed E-state index contributed by atoms with van der Waals surface area (Å²) in [7, 11) is 1.94. The average Bonchev–Trinajstić information content (AvgIpc) is 2.88. The highest BCUT2D eigenvalue weighted by Crippen LogP contribution is 2.22. The Morgan fingerprint density at radius 2 is 2.44 bits per heavy atom. The Balaban J connectivity index is 2.20. The second-order valence-corrected chi connectivity index (χ2v) is 4.84. The molecular formula is C11H16N4S. The van der Waals surface area contributed by atoms with Crippen molar-refractivity contribution in [3.8, 4) is 0 Å². The largest absolute Gasteiger partial charge is 0.273 e. The molecule has 0 amide bonds. The van der Waals surface area contributed by atoms with Crippen LogP contribution in [0.15, 0.2) is 23.7 Å². The van der Waals surface area contributed by atoms with Crippen molar-refractivity contribution in [2.45, 2.75) is 19.4 Å². The maximum absolute atomic E-state index is 5.62. The molecule has 0 radical (unpaired) electrons. The first-order valence-corrected chi connectivity index (χ1v) is 6.07. The molecule has 0 aliphatic heterocycles. The van der Waals surface area contributed by atoms with E-state index in [1.54, 1.807) is 11.3 Å². The molecule has 0 aromatic carbocycles. The van der Waals surface area contributed by atoms with E-state index in [9.17, 15) is 0 Å². The summed E-state index contributed by atoms with van der Waals surface area (Å²) in [5.74, 6) is 5.62. The van der Waals surface area contributed by atoms with E-state index in [4.69, 9.17) is 5.84 Å². The van der Waals surface area contributed by atoms with E-state index in [1.165, 1.54) is 10.4 Å². The molecule has 0 aliphatic rings. The molecule has 0 saturated carbocycles. The van der Waals surface area contributed by atoms with E-state index in [0.29, 0.717) is 0 Å². The molecule has 3 N–H and O–H groups in total. The fourth-order valence-electron chi connectivity index (χ4n) is 1.75. The highest BCUT2D eigenvalue weighted by Gasteiger charge is 2.16. The Morgan fingerprint density at radius 1 is 1.62 bits per heavy atom. The molecule has 0 bridgehead atoms. The Labute approximate surface area is 99.1 Å². The molecule has 0 spiro atoms. The minimum atomic E-state index is 0.132. The van der Waals surface area contributed by atoms with Crippen molar-refractivity contribution >= 4 is 11.3 Å². The van der Waals surface area contributed by atoms with Crippen LogP contribution in [0.5, 0.6) is 0 Å². The van der Waals surface area contributed by atoms with Gasteiger partial charge >= 0.3 is 0 Å². The summed E-state index contributed by atoms with van der Waals surface area (Å²) in [6.45, 7) is 2.06. The minimum absolute atomic E-state index is 0.132. The lowest BCUT2D eigenvalue weighted by Gasteiger charge is -2.14. The quantitative estimate of drug-likeness (QED) is 0.625. The van der Waals surface area contributed by atoms with E-state index in [-0.39, 0.29) is 6.04 Å². The van der Waals surface area contributed by atoms with Crippen LogP contribution in [0.1, 0.15) is 22.2 Å². The van der Waals surface area contributed by atoms with Gasteiger partial charge in [-0.1, -0.05) is 6.07 Å². The number of rotatable bonds is 4. The standard InChI is InChI=1S/C11H16N4S/c1-8-10(7-13-15(8)2)11(14-12)6-9-4-3-5-16-9/h3-5,7,11,14H,6,12H2,1-2H3. The molecule has 16 heavy (non-hydrogen) atoms. The van der Waals surface area contributed by atoms with Crippen molar-refractivity contribution in [3.05, 3.63) is 39.8 Å². The van der Waals surface area contributed by atoms with Gasteiger partial charge in [-0.3, -0.25) is 16.0 Å². The summed E-state index contributed by atoms with van der Waals surface area (Å²) in [5, 5.41) is 6.32. The van der Waals surface area contributed by atoms with Crippen LogP contribution >= 0.6 is 11.3 Å². The molecular weight excluding hydrogens is 220 g/mol. The van der Waals surface area contributed by atoms with Gasteiger partial charge in [0.05, 0.1) is 12.2 Å². The second kappa shape index (κ2) is 4.78.